The van der Waals surface area contributed by atoms with Crippen LogP contribution in [0, 0.1) is 10.8 Å². The fourth-order valence-electron chi connectivity index (χ4n) is 5.61. The SMILES string of the molecule is CC(CC1(O)C(C)(C)C(O)C1(C)C)(c1ccc(OCCO)cc1)c1ccc(OCCO)cc1. The van der Waals surface area contributed by atoms with E-state index in [-0.39, 0.29) is 26.4 Å². The van der Waals surface area contributed by atoms with E-state index in [0.717, 1.165) is 11.1 Å². The third-order valence-corrected chi connectivity index (χ3v) is 7.81. The molecule has 2 aromatic rings. The highest BCUT2D eigenvalue weighted by Crippen LogP contribution is 2.65. The second kappa shape index (κ2) is 9.26. The Labute approximate surface area is 196 Å². The van der Waals surface area contributed by atoms with Gasteiger partial charge in [0.1, 0.15) is 24.7 Å². The van der Waals surface area contributed by atoms with E-state index in [1.807, 2.05) is 76.2 Å². The third-order valence-electron chi connectivity index (χ3n) is 7.81. The van der Waals surface area contributed by atoms with Gasteiger partial charge in [-0.25, -0.2) is 0 Å². The zero-order valence-electron chi connectivity index (χ0n) is 20.3. The van der Waals surface area contributed by atoms with Crippen molar-refractivity contribution >= 4 is 0 Å². The minimum Gasteiger partial charge on any atom is -0.491 e. The summed E-state index contributed by atoms with van der Waals surface area (Å²) in [6.07, 6.45) is -0.215. The Morgan fingerprint density at radius 1 is 0.758 bits per heavy atom. The van der Waals surface area contributed by atoms with Crippen LogP contribution in [-0.2, 0) is 5.41 Å². The van der Waals surface area contributed by atoms with Crippen molar-refractivity contribution in [3.63, 3.8) is 0 Å². The first-order valence-corrected chi connectivity index (χ1v) is 11.5. The van der Waals surface area contributed by atoms with Gasteiger partial charge in [0.2, 0.25) is 0 Å². The Kier molecular flexibility index (Phi) is 7.16. The van der Waals surface area contributed by atoms with E-state index in [9.17, 15) is 10.2 Å². The highest BCUT2D eigenvalue weighted by Gasteiger charge is 2.72. The average molecular weight is 459 g/mol. The molecule has 0 saturated heterocycles. The number of aliphatic hydroxyl groups excluding tert-OH is 3. The Balaban J connectivity index is 2.03. The van der Waals surface area contributed by atoms with Crippen molar-refractivity contribution in [1.82, 2.24) is 0 Å². The fraction of sp³-hybridized carbons (Fsp3) is 0.556. The first-order chi connectivity index (χ1) is 15.4. The van der Waals surface area contributed by atoms with Gasteiger partial charge in [-0.3, -0.25) is 0 Å². The molecule has 0 aliphatic heterocycles. The van der Waals surface area contributed by atoms with Crippen LogP contribution in [-0.4, -0.2) is 58.6 Å². The zero-order chi connectivity index (χ0) is 24.5. The molecule has 0 atom stereocenters. The standard InChI is InChI=1S/C27H38O6/c1-24(2)23(30)25(3,4)27(24,31)18-26(5,19-6-10-21(11-7-19)32-16-14-28)20-8-12-22(13-9-20)33-17-15-29/h6-13,23,28-31H,14-18H2,1-5H3. The smallest absolute Gasteiger partial charge is 0.119 e. The highest BCUT2D eigenvalue weighted by molar-refractivity contribution is 5.44. The summed E-state index contributed by atoms with van der Waals surface area (Å²) in [5, 5.41) is 40.8. The van der Waals surface area contributed by atoms with Gasteiger partial charge < -0.3 is 29.9 Å². The van der Waals surface area contributed by atoms with Crippen LogP contribution in [0.15, 0.2) is 48.5 Å². The molecule has 182 valence electrons. The Morgan fingerprint density at radius 2 is 1.12 bits per heavy atom. The van der Waals surface area contributed by atoms with Gasteiger partial charge >= 0.3 is 0 Å². The zero-order valence-corrected chi connectivity index (χ0v) is 20.3. The summed E-state index contributed by atoms with van der Waals surface area (Å²) in [7, 11) is 0. The Morgan fingerprint density at radius 3 is 1.45 bits per heavy atom. The molecular weight excluding hydrogens is 420 g/mol. The average Bonchev–Trinajstić information content (AvgIpc) is 2.80. The van der Waals surface area contributed by atoms with Crippen LogP contribution < -0.4 is 9.47 Å². The lowest BCUT2D eigenvalue weighted by atomic mass is 9.39. The van der Waals surface area contributed by atoms with Gasteiger partial charge in [0.05, 0.1) is 24.9 Å². The molecule has 0 unspecified atom stereocenters. The molecule has 0 bridgehead atoms. The number of benzene rings is 2. The van der Waals surface area contributed by atoms with Crippen LogP contribution in [0.5, 0.6) is 11.5 Å². The van der Waals surface area contributed by atoms with Gasteiger partial charge in [-0.05, 0) is 41.8 Å². The van der Waals surface area contributed by atoms with Crippen molar-refractivity contribution < 1.29 is 29.9 Å². The van der Waals surface area contributed by atoms with Crippen LogP contribution in [0.4, 0.5) is 0 Å². The number of ether oxygens (including phenoxy) is 2. The molecule has 0 amide bonds. The van der Waals surface area contributed by atoms with Crippen molar-refractivity contribution in [3.8, 4) is 11.5 Å². The number of aliphatic hydroxyl groups is 4. The van der Waals surface area contributed by atoms with E-state index in [2.05, 4.69) is 6.92 Å². The lowest BCUT2D eigenvalue weighted by Gasteiger charge is -2.69. The molecule has 1 fully saturated rings. The summed E-state index contributed by atoms with van der Waals surface area (Å²) >= 11 is 0. The lowest BCUT2D eigenvalue weighted by molar-refractivity contribution is -0.325. The van der Waals surface area contributed by atoms with E-state index < -0.39 is 27.9 Å². The maximum atomic E-state index is 12.0. The van der Waals surface area contributed by atoms with Crippen molar-refractivity contribution in [2.24, 2.45) is 10.8 Å². The van der Waals surface area contributed by atoms with Gasteiger partial charge in [0.25, 0.3) is 0 Å². The Hall–Kier alpha value is -2.12. The molecule has 6 nitrogen and oxygen atoms in total. The second-order valence-electron chi connectivity index (χ2n) is 10.4. The van der Waals surface area contributed by atoms with Crippen LogP contribution in [0.3, 0.4) is 0 Å². The monoisotopic (exact) mass is 458 g/mol. The summed E-state index contributed by atoms with van der Waals surface area (Å²) in [6.45, 7) is 10.1. The summed E-state index contributed by atoms with van der Waals surface area (Å²) < 4.78 is 11.1. The Bertz CT molecular complexity index is 849. The predicted molar refractivity (Wildman–Crippen MR) is 128 cm³/mol. The fourth-order valence-corrected chi connectivity index (χ4v) is 5.61. The largest absolute Gasteiger partial charge is 0.491 e. The normalized spacial score (nSPS) is 23.6. The van der Waals surface area contributed by atoms with Gasteiger partial charge in [-0.2, -0.15) is 0 Å². The first kappa shape index (κ1) is 25.5. The molecule has 1 aliphatic rings. The molecule has 6 heteroatoms. The van der Waals surface area contributed by atoms with E-state index >= 15 is 0 Å². The molecule has 0 spiro atoms. The molecule has 3 rings (SSSR count). The minimum absolute atomic E-state index is 0.0519. The van der Waals surface area contributed by atoms with Crippen LogP contribution in [0.2, 0.25) is 0 Å². The molecule has 1 saturated carbocycles. The molecule has 33 heavy (non-hydrogen) atoms. The highest BCUT2D eigenvalue weighted by atomic mass is 16.5. The van der Waals surface area contributed by atoms with Crippen molar-refractivity contribution in [2.45, 2.75) is 58.2 Å². The molecule has 0 heterocycles. The molecule has 2 aromatic carbocycles. The molecule has 0 radical (unpaired) electrons. The maximum Gasteiger partial charge on any atom is 0.119 e. The van der Waals surface area contributed by atoms with Crippen molar-refractivity contribution in [1.29, 1.82) is 0 Å². The van der Waals surface area contributed by atoms with Crippen LogP contribution >= 0.6 is 0 Å². The second-order valence-corrected chi connectivity index (χ2v) is 10.4. The molecule has 4 N–H and O–H groups in total. The quantitative estimate of drug-likeness (QED) is 0.436. The van der Waals surface area contributed by atoms with Gasteiger partial charge in [0, 0.05) is 16.2 Å². The van der Waals surface area contributed by atoms with Gasteiger partial charge in [-0.1, -0.05) is 58.9 Å². The number of hydrogen-bond donors (Lipinski definition) is 4. The maximum absolute atomic E-state index is 12.0. The van der Waals surface area contributed by atoms with Crippen molar-refractivity contribution in [3.05, 3.63) is 59.7 Å². The summed E-state index contributed by atoms with van der Waals surface area (Å²) in [5.41, 5.74) is -1.03. The summed E-state index contributed by atoms with van der Waals surface area (Å²) in [4.78, 5) is 0. The van der Waals surface area contributed by atoms with Gasteiger partial charge in [-0.15, -0.1) is 0 Å². The molecular formula is C27H38O6. The number of rotatable bonds is 10. The van der Waals surface area contributed by atoms with E-state index in [4.69, 9.17) is 19.7 Å². The predicted octanol–water partition coefficient (Wildman–Crippen LogP) is 3.28. The topological polar surface area (TPSA) is 99.4 Å². The van der Waals surface area contributed by atoms with E-state index in [1.54, 1.807) is 0 Å². The first-order valence-electron chi connectivity index (χ1n) is 11.5. The van der Waals surface area contributed by atoms with Crippen LogP contribution in [0.1, 0.15) is 52.2 Å². The van der Waals surface area contributed by atoms with E-state index in [1.165, 1.54) is 0 Å². The summed E-state index contributed by atoms with van der Waals surface area (Å²) in [6, 6.07) is 15.4. The van der Waals surface area contributed by atoms with Crippen molar-refractivity contribution in [2.75, 3.05) is 26.4 Å². The lowest BCUT2D eigenvalue weighted by Crippen LogP contribution is -2.77. The molecule has 0 aromatic heterocycles. The van der Waals surface area contributed by atoms with E-state index in [0.29, 0.717) is 17.9 Å². The minimum atomic E-state index is -1.12. The summed E-state index contributed by atoms with van der Waals surface area (Å²) in [5.74, 6) is 1.34. The van der Waals surface area contributed by atoms with Gasteiger partial charge in [0.15, 0.2) is 0 Å². The molecule has 1 aliphatic carbocycles. The number of hydrogen-bond acceptors (Lipinski definition) is 6. The third kappa shape index (κ3) is 4.26. The van der Waals surface area contributed by atoms with Crippen LogP contribution in [0.25, 0.3) is 0 Å².